The Labute approximate surface area is 239 Å². The number of rotatable bonds is 8. The predicted octanol–water partition coefficient (Wildman–Crippen LogP) is -0.755. The maximum absolute atomic E-state index is 15.5. The van der Waals surface area contributed by atoms with E-state index < -0.39 is 73.7 Å². The number of aliphatic hydroxyl groups excluding tert-OH is 2. The number of aliphatic imine (C=N–C) groups is 1. The van der Waals surface area contributed by atoms with Gasteiger partial charge < -0.3 is 50.5 Å². The first kappa shape index (κ1) is 29.1. The molecule has 0 bridgehead atoms. The molecule has 0 aliphatic carbocycles. The summed E-state index contributed by atoms with van der Waals surface area (Å²) in [7, 11) is 0. The van der Waals surface area contributed by atoms with Crippen LogP contribution >= 0.6 is 18.8 Å². The molecule has 0 radical (unpaired) electrons. The molecule has 3 aromatic heterocycles. The zero-order valence-corrected chi connectivity index (χ0v) is 23.3. The average Bonchev–Trinajstić information content (AvgIpc) is 3.70. The topological polar surface area (TPSA) is 243 Å². The van der Waals surface area contributed by atoms with Crippen LogP contribution in [-0.4, -0.2) is 95.2 Å². The van der Waals surface area contributed by atoms with Crippen LogP contribution in [0.1, 0.15) is 30.7 Å². The minimum Gasteiger partial charge on any atom is -0.394 e. The molecule has 17 nitrogen and oxygen atoms in total. The van der Waals surface area contributed by atoms with Crippen molar-refractivity contribution in [3.8, 4) is 0 Å². The van der Waals surface area contributed by atoms with E-state index in [4.69, 9.17) is 25.5 Å². The van der Waals surface area contributed by atoms with Gasteiger partial charge in [-0.1, -0.05) is 17.5 Å². The van der Waals surface area contributed by atoms with E-state index in [0.717, 1.165) is 11.0 Å². The Morgan fingerprint density at radius 2 is 2.00 bits per heavy atom. The standard InChI is InChI=1S/C21H27F2N10O7PS/c22-10-9(5-34)40-20(33-17-12(30-31-33)15(24)28-21(25)29-17)14(10)41(37,42)38-4-2-8-13(35)11(23)19(39-8)32-3-1-7-16(32)26-6-27-18(7)36/h1,3,6,8-11,13-15,19-20,34-35H,2,4-5,24H2,(H,37,42)(H3,25,28,29)(H,26,27,36)/t8-,9-,10+,11+,13-,14-,15?,19-,20-,41?/m1/s1. The van der Waals surface area contributed by atoms with Crippen LogP contribution in [-0.2, 0) is 18.6 Å². The number of aromatic amines is 1. The first-order chi connectivity index (χ1) is 20.0. The van der Waals surface area contributed by atoms with Gasteiger partial charge in [0, 0.05) is 12.6 Å². The molecule has 3 aliphatic rings. The summed E-state index contributed by atoms with van der Waals surface area (Å²) < 4.78 is 63.5. The number of alkyl halides is 2. The number of fused-ring (bicyclic) bond motifs is 2. The fraction of sp³-hybridized carbons (Fsp3) is 0.571. The van der Waals surface area contributed by atoms with Gasteiger partial charge in [-0.3, -0.25) is 9.36 Å². The summed E-state index contributed by atoms with van der Waals surface area (Å²) in [6.45, 7) is -5.36. The van der Waals surface area contributed by atoms with Crippen LogP contribution in [0.5, 0.6) is 0 Å². The maximum Gasteiger partial charge on any atom is 0.265 e. The molecule has 0 aromatic carbocycles. The molecular formula is C21H27F2N10O7PS. The van der Waals surface area contributed by atoms with Crippen molar-refractivity contribution in [3.63, 3.8) is 0 Å². The van der Waals surface area contributed by atoms with Crippen LogP contribution in [0.3, 0.4) is 0 Å². The van der Waals surface area contributed by atoms with Gasteiger partial charge in [0.2, 0.25) is 0 Å². The van der Waals surface area contributed by atoms with Gasteiger partial charge >= 0.3 is 0 Å². The molecule has 0 spiro atoms. The van der Waals surface area contributed by atoms with Gasteiger partial charge in [0.15, 0.2) is 30.4 Å². The highest BCUT2D eigenvalue weighted by molar-refractivity contribution is 8.46. The van der Waals surface area contributed by atoms with E-state index in [1.807, 2.05) is 0 Å². The largest absolute Gasteiger partial charge is 0.394 e. The first-order valence-electron chi connectivity index (χ1n) is 12.7. The zero-order chi connectivity index (χ0) is 29.9. The smallest absolute Gasteiger partial charge is 0.265 e. The van der Waals surface area contributed by atoms with Crippen LogP contribution in [0.2, 0.25) is 0 Å². The molecule has 228 valence electrons. The summed E-state index contributed by atoms with van der Waals surface area (Å²) in [6, 6.07) is 1.44. The Balaban J connectivity index is 1.17. The number of thiol groups is 1. The SMILES string of the molecule is NC1=Nc2c(nnn2[C@@H]2O[C@H](CO)[C@H](F)[C@H]2P(=O)(S)OCC[C@H]2O[C@@H](n3ccc4c(=O)[nH]cnc43)[C@@H](F)[C@@H]2O)C(N)N1. The number of hydrogen-bond donors (Lipinski definition) is 7. The van der Waals surface area contributed by atoms with E-state index in [9.17, 15) is 19.6 Å². The third kappa shape index (κ3) is 4.80. The number of aliphatic hydroxyl groups is 2. The molecule has 0 amide bonds. The van der Waals surface area contributed by atoms with Crippen molar-refractivity contribution >= 4 is 41.6 Å². The quantitative estimate of drug-likeness (QED) is 0.120. The molecule has 2 unspecified atom stereocenters. The second-order valence-corrected chi connectivity index (χ2v) is 13.6. The normalized spacial score (nSPS) is 34.2. The number of aromatic nitrogens is 6. The van der Waals surface area contributed by atoms with Crippen molar-refractivity contribution in [2.45, 2.75) is 61.4 Å². The fourth-order valence-electron chi connectivity index (χ4n) is 5.29. The number of nitrogens with two attached hydrogens (primary N) is 2. The summed E-state index contributed by atoms with van der Waals surface area (Å²) in [5.74, 6) is -0.0339. The highest BCUT2D eigenvalue weighted by atomic mass is 32.7. The van der Waals surface area contributed by atoms with E-state index in [2.05, 4.69) is 42.8 Å². The molecule has 6 rings (SSSR count). The molecule has 2 saturated heterocycles. The lowest BCUT2D eigenvalue weighted by molar-refractivity contribution is -0.0386. The third-order valence-corrected chi connectivity index (χ3v) is 10.4. The maximum atomic E-state index is 15.5. The Morgan fingerprint density at radius 3 is 2.76 bits per heavy atom. The second kappa shape index (κ2) is 10.9. The van der Waals surface area contributed by atoms with Crippen molar-refractivity contribution in [2.75, 3.05) is 13.2 Å². The predicted molar refractivity (Wildman–Crippen MR) is 143 cm³/mol. The van der Waals surface area contributed by atoms with Crippen molar-refractivity contribution < 1.29 is 37.6 Å². The number of halogens is 2. The summed E-state index contributed by atoms with van der Waals surface area (Å²) in [6.07, 6.45) is -9.20. The van der Waals surface area contributed by atoms with Gasteiger partial charge in [0.05, 0.1) is 31.0 Å². The van der Waals surface area contributed by atoms with Crippen molar-refractivity contribution in [2.24, 2.45) is 16.5 Å². The zero-order valence-electron chi connectivity index (χ0n) is 21.5. The summed E-state index contributed by atoms with van der Waals surface area (Å²) in [5, 5.41) is 30.9. The lowest BCUT2D eigenvalue weighted by Crippen LogP contribution is -2.41. The fourth-order valence-corrected chi connectivity index (χ4v) is 7.87. The van der Waals surface area contributed by atoms with Crippen molar-refractivity contribution in [1.82, 2.24) is 34.8 Å². The summed E-state index contributed by atoms with van der Waals surface area (Å²) in [4.78, 5) is 22.6. The average molecular weight is 633 g/mol. The summed E-state index contributed by atoms with van der Waals surface area (Å²) in [5.41, 5.74) is 10.0. The second-order valence-electron chi connectivity index (χ2n) is 9.92. The van der Waals surface area contributed by atoms with Crippen molar-refractivity contribution in [1.29, 1.82) is 0 Å². The van der Waals surface area contributed by atoms with Gasteiger partial charge in [0.25, 0.3) is 12.1 Å². The highest BCUT2D eigenvalue weighted by Crippen LogP contribution is 2.64. The van der Waals surface area contributed by atoms with Crippen LogP contribution in [0.4, 0.5) is 14.6 Å². The number of nitrogens with zero attached hydrogens (tertiary/aromatic N) is 6. The lowest BCUT2D eigenvalue weighted by Gasteiger charge is -2.26. The van der Waals surface area contributed by atoms with E-state index in [1.54, 1.807) is 0 Å². The number of H-pyrrole nitrogens is 1. The number of hydrogen-bond acceptors (Lipinski definition) is 14. The molecule has 2 fully saturated rings. The van der Waals surface area contributed by atoms with Crippen molar-refractivity contribution in [3.05, 3.63) is 34.6 Å². The Morgan fingerprint density at radius 1 is 1.24 bits per heavy atom. The van der Waals surface area contributed by atoms with Gasteiger partial charge in [-0.15, -0.1) is 5.10 Å². The molecule has 21 heteroatoms. The van der Waals surface area contributed by atoms with Gasteiger partial charge in [0.1, 0.15) is 41.5 Å². The van der Waals surface area contributed by atoms with Gasteiger partial charge in [-0.2, -0.15) is 9.67 Å². The number of guanidine groups is 1. The molecular weight excluding hydrogens is 605 g/mol. The van der Waals surface area contributed by atoms with Gasteiger partial charge in [-0.05, 0) is 6.07 Å². The Hall–Kier alpha value is -2.97. The molecule has 0 saturated carbocycles. The minimum atomic E-state index is -4.22. The molecule has 42 heavy (non-hydrogen) atoms. The van der Waals surface area contributed by atoms with Crippen LogP contribution < -0.4 is 22.3 Å². The van der Waals surface area contributed by atoms with E-state index in [0.29, 0.717) is 0 Å². The molecule has 3 aromatic rings. The van der Waals surface area contributed by atoms with Crippen LogP contribution in [0, 0.1) is 0 Å². The minimum absolute atomic E-state index is 0.0318. The monoisotopic (exact) mass is 632 g/mol. The van der Waals surface area contributed by atoms with Crippen LogP contribution in [0.15, 0.2) is 28.4 Å². The third-order valence-electron chi connectivity index (χ3n) is 7.37. The number of ether oxygens (including phenoxy) is 2. The first-order valence-corrected chi connectivity index (χ1v) is 15.6. The van der Waals surface area contributed by atoms with E-state index >= 15 is 8.78 Å². The summed E-state index contributed by atoms with van der Waals surface area (Å²) >= 11 is 4.16. The molecule has 6 heterocycles. The number of nitrogens with one attached hydrogen (secondary N) is 2. The molecule has 8 N–H and O–H groups in total. The van der Waals surface area contributed by atoms with E-state index in [1.165, 1.54) is 16.8 Å². The molecule has 3 aliphatic heterocycles. The van der Waals surface area contributed by atoms with Gasteiger partial charge in [-0.25, -0.2) is 13.8 Å². The Bertz CT molecular complexity index is 1620. The lowest BCUT2D eigenvalue weighted by atomic mass is 10.1. The Kier molecular flexibility index (Phi) is 7.59. The molecule has 10 atom stereocenters. The van der Waals surface area contributed by atoms with E-state index in [-0.39, 0.29) is 41.5 Å². The highest BCUT2D eigenvalue weighted by Gasteiger charge is 2.56. The van der Waals surface area contributed by atoms with Crippen LogP contribution in [0.25, 0.3) is 11.0 Å².